The largest absolute Gasteiger partial charge is 0.496 e. The predicted molar refractivity (Wildman–Crippen MR) is 82.8 cm³/mol. The minimum Gasteiger partial charge on any atom is -0.496 e. The van der Waals surface area contributed by atoms with Gasteiger partial charge in [0.15, 0.2) is 0 Å². The number of rotatable bonds is 4. The molecule has 1 unspecified atom stereocenters. The quantitative estimate of drug-likeness (QED) is 0.844. The van der Waals surface area contributed by atoms with Crippen molar-refractivity contribution in [2.75, 3.05) is 27.7 Å². The Morgan fingerprint density at radius 1 is 1.50 bits per heavy atom. The van der Waals surface area contributed by atoms with E-state index in [0.29, 0.717) is 0 Å². The van der Waals surface area contributed by atoms with Crippen molar-refractivity contribution >= 4 is 21.8 Å². The molecular formula is C15H21BrN2O2. The Morgan fingerprint density at radius 3 is 2.85 bits per heavy atom. The van der Waals surface area contributed by atoms with Gasteiger partial charge in [-0.3, -0.25) is 9.69 Å². The molecule has 1 saturated heterocycles. The summed E-state index contributed by atoms with van der Waals surface area (Å²) in [5.41, 5.74) is 1.19. The molecule has 0 radical (unpaired) electrons. The first-order valence-electron chi connectivity index (χ1n) is 6.80. The van der Waals surface area contributed by atoms with E-state index in [1.807, 2.05) is 20.2 Å². The second-order valence-corrected chi connectivity index (χ2v) is 6.18. The zero-order valence-corrected chi connectivity index (χ0v) is 13.8. The van der Waals surface area contributed by atoms with Crippen molar-refractivity contribution in [3.05, 3.63) is 28.2 Å². The molecule has 0 bridgehead atoms. The Morgan fingerprint density at radius 2 is 2.25 bits per heavy atom. The van der Waals surface area contributed by atoms with Crippen molar-refractivity contribution in [1.29, 1.82) is 0 Å². The number of hydrogen-bond donors (Lipinski definition) is 0. The Bertz CT molecular complexity index is 491. The second kappa shape index (κ2) is 6.59. The van der Waals surface area contributed by atoms with Gasteiger partial charge in [0, 0.05) is 20.6 Å². The third kappa shape index (κ3) is 3.33. The van der Waals surface area contributed by atoms with E-state index in [1.54, 1.807) is 12.0 Å². The van der Waals surface area contributed by atoms with E-state index >= 15 is 0 Å². The summed E-state index contributed by atoms with van der Waals surface area (Å²) in [6, 6.07) is 6.09. The highest BCUT2D eigenvalue weighted by molar-refractivity contribution is 9.10. The Hall–Kier alpha value is -1.07. The predicted octanol–water partition coefficient (Wildman–Crippen LogP) is 2.51. The number of carbonyl (C=O) groups excluding carboxylic acids is 1. The van der Waals surface area contributed by atoms with Crippen molar-refractivity contribution in [1.82, 2.24) is 9.80 Å². The van der Waals surface area contributed by atoms with E-state index in [4.69, 9.17) is 4.74 Å². The SMILES string of the molecule is COc1ccc(CN2CCCC2C(=O)N(C)C)cc1Br. The fourth-order valence-corrected chi connectivity index (χ4v) is 3.22. The van der Waals surface area contributed by atoms with Gasteiger partial charge >= 0.3 is 0 Å². The van der Waals surface area contributed by atoms with E-state index in [0.717, 1.165) is 36.2 Å². The number of methoxy groups -OCH3 is 1. The fraction of sp³-hybridized carbons (Fsp3) is 0.533. The summed E-state index contributed by atoms with van der Waals surface area (Å²) in [5.74, 6) is 1.03. The maximum Gasteiger partial charge on any atom is 0.239 e. The van der Waals surface area contributed by atoms with E-state index in [1.165, 1.54) is 5.56 Å². The van der Waals surface area contributed by atoms with Gasteiger partial charge in [-0.1, -0.05) is 6.07 Å². The van der Waals surface area contributed by atoms with Crippen molar-refractivity contribution < 1.29 is 9.53 Å². The average Bonchev–Trinajstić information content (AvgIpc) is 2.86. The first-order valence-corrected chi connectivity index (χ1v) is 7.60. The van der Waals surface area contributed by atoms with Crippen LogP contribution in [0, 0.1) is 0 Å². The van der Waals surface area contributed by atoms with Gasteiger partial charge in [0.05, 0.1) is 17.6 Å². The molecule has 5 heteroatoms. The van der Waals surface area contributed by atoms with Crippen LogP contribution in [0.15, 0.2) is 22.7 Å². The molecule has 1 atom stereocenters. The van der Waals surface area contributed by atoms with Gasteiger partial charge in [-0.25, -0.2) is 0 Å². The number of halogens is 1. The average molecular weight is 341 g/mol. The smallest absolute Gasteiger partial charge is 0.239 e. The number of likely N-dealkylation sites (tertiary alicyclic amines) is 1. The third-order valence-electron chi connectivity index (χ3n) is 3.69. The lowest BCUT2D eigenvalue weighted by Gasteiger charge is -2.26. The number of ether oxygens (including phenoxy) is 1. The van der Waals surface area contributed by atoms with Crippen LogP contribution < -0.4 is 4.74 Å². The molecule has 110 valence electrons. The monoisotopic (exact) mass is 340 g/mol. The van der Waals surface area contributed by atoms with Crippen LogP contribution in [0.4, 0.5) is 0 Å². The van der Waals surface area contributed by atoms with Crippen molar-refractivity contribution in [3.63, 3.8) is 0 Å². The van der Waals surface area contributed by atoms with Crippen LogP contribution in [-0.4, -0.2) is 49.5 Å². The summed E-state index contributed by atoms with van der Waals surface area (Å²) in [7, 11) is 5.30. The minimum absolute atomic E-state index is 0.0193. The lowest BCUT2D eigenvalue weighted by Crippen LogP contribution is -2.42. The summed E-state index contributed by atoms with van der Waals surface area (Å²) in [6.07, 6.45) is 2.04. The zero-order chi connectivity index (χ0) is 14.7. The maximum atomic E-state index is 12.2. The van der Waals surface area contributed by atoms with Crippen molar-refractivity contribution in [3.8, 4) is 5.75 Å². The molecular weight excluding hydrogens is 320 g/mol. The molecule has 4 nitrogen and oxygen atoms in total. The third-order valence-corrected chi connectivity index (χ3v) is 4.31. The van der Waals surface area contributed by atoms with Gasteiger partial charge in [0.25, 0.3) is 0 Å². The number of nitrogens with zero attached hydrogens (tertiary/aromatic N) is 2. The second-order valence-electron chi connectivity index (χ2n) is 5.33. The normalized spacial score (nSPS) is 19.1. The number of hydrogen-bond acceptors (Lipinski definition) is 3. The number of benzene rings is 1. The van der Waals surface area contributed by atoms with Gasteiger partial charge in [-0.2, -0.15) is 0 Å². The Balaban J connectivity index is 2.09. The van der Waals surface area contributed by atoms with Gasteiger partial charge in [-0.15, -0.1) is 0 Å². The topological polar surface area (TPSA) is 32.8 Å². The van der Waals surface area contributed by atoms with Crippen molar-refractivity contribution in [2.45, 2.75) is 25.4 Å². The molecule has 2 rings (SSSR count). The van der Waals surface area contributed by atoms with Crippen molar-refractivity contribution in [2.24, 2.45) is 0 Å². The lowest BCUT2D eigenvalue weighted by atomic mass is 10.1. The summed E-state index contributed by atoms with van der Waals surface area (Å²) in [6.45, 7) is 1.78. The highest BCUT2D eigenvalue weighted by Crippen LogP contribution is 2.28. The Labute approximate surface area is 128 Å². The lowest BCUT2D eigenvalue weighted by molar-refractivity contribution is -0.133. The molecule has 20 heavy (non-hydrogen) atoms. The van der Waals surface area contributed by atoms with Crippen LogP contribution in [0.2, 0.25) is 0 Å². The van der Waals surface area contributed by atoms with Gasteiger partial charge in [0.2, 0.25) is 5.91 Å². The van der Waals surface area contributed by atoms with E-state index in [9.17, 15) is 4.79 Å². The van der Waals surface area contributed by atoms with Crippen LogP contribution in [-0.2, 0) is 11.3 Å². The fourth-order valence-electron chi connectivity index (χ4n) is 2.64. The standard InChI is InChI=1S/C15H21BrN2O2/c1-17(2)15(19)13-5-4-8-18(13)10-11-6-7-14(20-3)12(16)9-11/h6-7,9,13H,4-5,8,10H2,1-3H3. The number of amides is 1. The molecule has 0 spiro atoms. The summed E-state index contributed by atoms with van der Waals surface area (Å²) in [5, 5.41) is 0. The molecule has 1 heterocycles. The minimum atomic E-state index is 0.0193. The summed E-state index contributed by atoms with van der Waals surface area (Å²) in [4.78, 5) is 16.1. The van der Waals surface area contributed by atoms with Gasteiger partial charge in [-0.05, 0) is 53.0 Å². The molecule has 0 aliphatic carbocycles. The van der Waals surface area contributed by atoms with Gasteiger partial charge in [0.1, 0.15) is 5.75 Å². The molecule has 1 aromatic carbocycles. The molecule has 0 saturated carbocycles. The number of likely N-dealkylation sites (N-methyl/N-ethyl adjacent to an activating group) is 1. The molecule has 0 aromatic heterocycles. The maximum absolute atomic E-state index is 12.2. The van der Waals surface area contributed by atoms with Crippen LogP contribution in [0.25, 0.3) is 0 Å². The summed E-state index contributed by atoms with van der Waals surface area (Å²) >= 11 is 3.51. The summed E-state index contributed by atoms with van der Waals surface area (Å²) < 4.78 is 6.19. The van der Waals surface area contributed by atoms with Crippen LogP contribution >= 0.6 is 15.9 Å². The zero-order valence-electron chi connectivity index (χ0n) is 12.2. The number of carbonyl (C=O) groups is 1. The molecule has 1 aliphatic heterocycles. The highest BCUT2D eigenvalue weighted by Gasteiger charge is 2.31. The van der Waals surface area contributed by atoms with Crippen LogP contribution in [0.3, 0.4) is 0 Å². The van der Waals surface area contributed by atoms with E-state index < -0.39 is 0 Å². The first kappa shape index (κ1) is 15.3. The molecule has 1 fully saturated rings. The highest BCUT2D eigenvalue weighted by atomic mass is 79.9. The molecule has 0 N–H and O–H groups in total. The molecule has 1 aliphatic rings. The first-order chi connectivity index (χ1) is 9.52. The van der Waals surface area contributed by atoms with E-state index in [2.05, 4.69) is 33.0 Å². The van der Waals surface area contributed by atoms with Crippen LogP contribution in [0.5, 0.6) is 5.75 Å². The van der Waals surface area contributed by atoms with Gasteiger partial charge < -0.3 is 9.64 Å². The molecule has 1 aromatic rings. The van der Waals surface area contributed by atoms with E-state index in [-0.39, 0.29) is 11.9 Å². The Kier molecular flexibility index (Phi) is 5.05. The van der Waals surface area contributed by atoms with Crippen LogP contribution in [0.1, 0.15) is 18.4 Å². The molecule has 1 amide bonds.